The molecule has 16 heteroatoms. The van der Waals surface area contributed by atoms with Crippen LogP contribution in [0.3, 0.4) is 0 Å². The average Bonchev–Trinajstić information content (AvgIpc) is 3.24. The smallest absolute Gasteiger partial charge is 0.274 e. The predicted octanol–water partition coefficient (Wildman–Crippen LogP) is 14.7. The standard InChI is InChI=1S/C64H74N10O6/c1-3-5-7-9-11-13-15-17-19-21-23-39-33-53-48(37-47(39)66)69-61-43-27-26-42-58-51(68-31-32-71(77)78)36-46-56-44(28-25-41(60(56)58)57-50(67-30-29-65)35-45(55(43)59(42)57)63(75)72(53)61)62-70-49-38-52(74(79)80)40(34-54(49)73(62)64(46)76)24-22-20-18-16-14-12-10-8-6-4-2/h25-28,33-38,67-68H,3-24,29-32,65-66H2,1-2H3. The molecule has 0 saturated heterocycles. The highest BCUT2D eigenvalue weighted by Gasteiger charge is 2.29. The molecule has 0 bridgehead atoms. The summed E-state index contributed by atoms with van der Waals surface area (Å²) < 4.78 is 3.30. The fraction of sp³-hybridized carbons (Fsp3) is 0.438. The number of benzene rings is 7. The minimum Gasteiger partial charge on any atom is -0.398 e. The van der Waals surface area contributed by atoms with Gasteiger partial charge in [0.15, 0.2) is 0 Å². The normalized spacial score (nSPS) is 12.3. The van der Waals surface area contributed by atoms with Crippen molar-refractivity contribution in [2.24, 2.45) is 5.73 Å². The van der Waals surface area contributed by atoms with Gasteiger partial charge in [-0.2, -0.15) is 0 Å². The molecular weight excluding hydrogens is 1000 g/mol. The Morgan fingerprint density at radius 3 is 1.39 bits per heavy atom. The molecule has 16 nitrogen and oxygen atoms in total. The molecule has 0 aliphatic rings. The van der Waals surface area contributed by atoms with Gasteiger partial charge in [-0.1, -0.05) is 142 Å². The molecule has 4 aromatic heterocycles. The van der Waals surface area contributed by atoms with E-state index in [1.54, 1.807) is 20.9 Å². The summed E-state index contributed by atoms with van der Waals surface area (Å²) in [5, 5.41) is 39.8. The third kappa shape index (κ3) is 9.93. The molecule has 0 saturated carbocycles. The summed E-state index contributed by atoms with van der Waals surface area (Å²) in [7, 11) is 0. The van der Waals surface area contributed by atoms with Crippen molar-refractivity contribution in [2.45, 2.75) is 155 Å². The van der Waals surface area contributed by atoms with Crippen LogP contribution in [0.25, 0.3) is 98.0 Å². The zero-order valence-corrected chi connectivity index (χ0v) is 46.4. The van der Waals surface area contributed by atoms with Gasteiger partial charge in [-0.25, -0.2) is 9.97 Å². The number of rotatable bonds is 30. The molecule has 416 valence electrons. The number of nitrogen functional groups attached to an aromatic ring is 1. The van der Waals surface area contributed by atoms with Gasteiger partial charge >= 0.3 is 0 Å². The number of imidazole rings is 2. The molecule has 6 N–H and O–H groups in total. The molecule has 0 atom stereocenters. The molecule has 11 rings (SSSR count). The Labute approximate surface area is 463 Å². The van der Waals surface area contributed by atoms with E-state index in [9.17, 15) is 20.2 Å². The Kier molecular flexibility index (Phi) is 16.0. The summed E-state index contributed by atoms with van der Waals surface area (Å²) in [4.78, 5) is 64.6. The molecule has 4 heterocycles. The summed E-state index contributed by atoms with van der Waals surface area (Å²) in [5.41, 5.74) is 18.8. The van der Waals surface area contributed by atoms with Gasteiger partial charge in [-0.15, -0.1) is 0 Å². The molecule has 0 aliphatic heterocycles. The van der Waals surface area contributed by atoms with Crippen molar-refractivity contribution in [2.75, 3.05) is 42.5 Å². The van der Waals surface area contributed by atoms with E-state index >= 15 is 9.59 Å². The minimum atomic E-state index is -0.378. The van der Waals surface area contributed by atoms with Crippen molar-refractivity contribution >= 4 is 121 Å². The second-order valence-corrected chi connectivity index (χ2v) is 22.5. The number of pyridine rings is 2. The van der Waals surface area contributed by atoms with E-state index in [-0.39, 0.29) is 39.7 Å². The average molecular weight is 1080 g/mol. The quantitative estimate of drug-likeness (QED) is 0.00823. The van der Waals surface area contributed by atoms with Crippen LogP contribution in [0, 0.1) is 20.2 Å². The summed E-state index contributed by atoms with van der Waals surface area (Å²) >= 11 is 0. The van der Waals surface area contributed by atoms with E-state index < -0.39 is 0 Å². The van der Waals surface area contributed by atoms with Gasteiger partial charge in [0.25, 0.3) is 16.8 Å². The summed E-state index contributed by atoms with van der Waals surface area (Å²) in [6.45, 7) is 4.79. The van der Waals surface area contributed by atoms with Crippen molar-refractivity contribution in [3.63, 3.8) is 0 Å². The van der Waals surface area contributed by atoms with Crippen molar-refractivity contribution in [3.8, 4) is 0 Å². The molecular formula is C64H74N10O6. The molecule has 0 unspecified atom stereocenters. The van der Waals surface area contributed by atoms with Crippen LogP contribution in [-0.4, -0.2) is 54.8 Å². The molecule has 80 heavy (non-hydrogen) atoms. The highest BCUT2D eigenvalue weighted by atomic mass is 16.6. The third-order valence-electron chi connectivity index (χ3n) is 17.1. The molecule has 7 aromatic carbocycles. The summed E-state index contributed by atoms with van der Waals surface area (Å²) in [6, 6.07) is 18.9. The molecule has 0 amide bonds. The third-order valence-corrected chi connectivity index (χ3v) is 17.1. The number of unbranched alkanes of at least 4 members (excludes halogenated alkanes) is 18. The van der Waals surface area contributed by atoms with Crippen LogP contribution in [0.5, 0.6) is 0 Å². The number of aryl methyl sites for hydroxylation is 2. The number of anilines is 3. The SMILES string of the molecule is CCCCCCCCCCCCc1cc2c(cc1N)nc1c3ccc4c5c(NCC[N+](=O)[O-])cc6c(=O)n7c8cc(CCCCCCCCCCCC)c([N+](=O)[O-])cc8nc7c7ccc(c8c(NCCN)cc(c(=O)n21)c3c48)c5c67. The van der Waals surface area contributed by atoms with E-state index in [2.05, 4.69) is 24.5 Å². The predicted molar refractivity (Wildman–Crippen MR) is 330 cm³/mol. The lowest BCUT2D eigenvalue weighted by molar-refractivity contribution is -0.476. The van der Waals surface area contributed by atoms with Crippen LogP contribution in [0.2, 0.25) is 0 Å². The first-order valence-electron chi connectivity index (χ1n) is 29.7. The van der Waals surface area contributed by atoms with Crippen LogP contribution in [-0.2, 0) is 12.8 Å². The zero-order chi connectivity index (χ0) is 55.6. The Bertz CT molecular complexity index is 4230. The van der Waals surface area contributed by atoms with E-state index in [1.807, 2.05) is 42.5 Å². The van der Waals surface area contributed by atoms with Crippen LogP contribution >= 0.6 is 0 Å². The van der Waals surface area contributed by atoms with Crippen LogP contribution < -0.4 is 33.2 Å². The summed E-state index contributed by atoms with van der Waals surface area (Å²) in [5.74, 6) is 0. The lowest BCUT2D eigenvalue weighted by Crippen LogP contribution is -2.17. The molecule has 0 spiro atoms. The van der Waals surface area contributed by atoms with Gasteiger partial charge < -0.3 is 22.1 Å². The molecule has 11 aromatic rings. The largest absolute Gasteiger partial charge is 0.398 e. The van der Waals surface area contributed by atoms with E-state index in [4.69, 9.17) is 21.4 Å². The van der Waals surface area contributed by atoms with Crippen molar-refractivity contribution in [1.29, 1.82) is 0 Å². The van der Waals surface area contributed by atoms with E-state index in [0.717, 1.165) is 93.6 Å². The van der Waals surface area contributed by atoms with Gasteiger partial charge in [0, 0.05) is 89.8 Å². The van der Waals surface area contributed by atoms with Gasteiger partial charge in [-0.3, -0.25) is 38.6 Å². The number of nitrogens with two attached hydrogens (primary N) is 2. The second-order valence-electron chi connectivity index (χ2n) is 22.5. The Morgan fingerprint density at radius 1 is 0.500 bits per heavy atom. The number of hydrogen-bond donors (Lipinski definition) is 4. The number of fused-ring (bicyclic) bond motifs is 10. The Morgan fingerprint density at radius 2 is 0.925 bits per heavy atom. The second kappa shape index (κ2) is 23.5. The number of aromatic nitrogens is 4. The van der Waals surface area contributed by atoms with E-state index in [0.29, 0.717) is 97.0 Å². The summed E-state index contributed by atoms with van der Waals surface area (Å²) in [6.07, 6.45) is 25.1. The lowest BCUT2D eigenvalue weighted by Gasteiger charge is -2.23. The maximum absolute atomic E-state index is 15.4. The fourth-order valence-corrected chi connectivity index (χ4v) is 13.1. The maximum Gasteiger partial charge on any atom is 0.274 e. The van der Waals surface area contributed by atoms with Crippen LogP contribution in [0.4, 0.5) is 22.7 Å². The maximum atomic E-state index is 15.4. The number of nitrogens with zero attached hydrogens (tertiary/aromatic N) is 6. The van der Waals surface area contributed by atoms with E-state index in [1.165, 1.54) is 96.0 Å². The van der Waals surface area contributed by atoms with Gasteiger partial charge in [-0.05, 0) is 84.5 Å². The number of hydrogen-bond acceptors (Lipinski definition) is 12. The number of nitrogens with one attached hydrogen (secondary N) is 2. The van der Waals surface area contributed by atoms with Gasteiger partial charge in [0.2, 0.25) is 6.54 Å². The molecule has 0 aliphatic carbocycles. The first-order chi connectivity index (χ1) is 39.0. The van der Waals surface area contributed by atoms with Crippen molar-refractivity contribution < 1.29 is 9.85 Å². The number of nitro benzene ring substituents is 1. The Hall–Kier alpha value is -7.72. The minimum absolute atomic E-state index is 0.0140. The first-order valence-corrected chi connectivity index (χ1v) is 29.7. The lowest BCUT2D eigenvalue weighted by atomic mass is 9.84. The molecule has 0 radical (unpaired) electrons. The highest BCUT2D eigenvalue weighted by molar-refractivity contribution is 6.44. The fourth-order valence-electron chi connectivity index (χ4n) is 13.1. The topological polar surface area (TPSA) is 231 Å². The van der Waals surface area contributed by atoms with Gasteiger partial charge in [0.05, 0.1) is 44.3 Å². The van der Waals surface area contributed by atoms with Gasteiger partial charge in [0.1, 0.15) is 11.3 Å². The van der Waals surface area contributed by atoms with Crippen molar-refractivity contribution in [1.82, 2.24) is 18.8 Å². The highest BCUT2D eigenvalue weighted by Crippen LogP contribution is 2.50. The Balaban J connectivity index is 1.05. The molecule has 0 fully saturated rings. The number of nitro groups is 2. The zero-order valence-electron chi connectivity index (χ0n) is 46.4. The van der Waals surface area contributed by atoms with Crippen LogP contribution in [0.1, 0.15) is 153 Å². The van der Waals surface area contributed by atoms with Crippen molar-refractivity contribution in [3.05, 3.63) is 113 Å². The van der Waals surface area contributed by atoms with Crippen LogP contribution in [0.15, 0.2) is 70.3 Å². The monoisotopic (exact) mass is 1080 g/mol. The first kappa shape index (κ1) is 54.2.